The molecule has 5 heteroatoms. The molecule has 0 saturated carbocycles. The van der Waals surface area contributed by atoms with Gasteiger partial charge in [-0.15, -0.1) is 0 Å². The molecule has 0 unspecified atom stereocenters. The number of rotatable bonds is 4. The van der Waals surface area contributed by atoms with E-state index in [9.17, 15) is 9.59 Å². The summed E-state index contributed by atoms with van der Waals surface area (Å²) in [7, 11) is 0. The third-order valence-electron chi connectivity index (χ3n) is 4.47. The van der Waals surface area contributed by atoms with Gasteiger partial charge in [-0.1, -0.05) is 34.6 Å². The van der Waals surface area contributed by atoms with Gasteiger partial charge in [0.25, 0.3) is 0 Å². The molecule has 1 saturated heterocycles. The minimum absolute atomic E-state index is 0.0619. The predicted octanol–water partition coefficient (Wildman–Crippen LogP) is 1.66. The zero-order valence-corrected chi connectivity index (χ0v) is 14.2. The Balaban J connectivity index is 2.51. The Kier molecular flexibility index (Phi) is 5.79. The molecule has 21 heavy (non-hydrogen) atoms. The predicted molar refractivity (Wildman–Crippen MR) is 84.7 cm³/mol. The number of hydrogen-bond acceptors (Lipinski definition) is 3. The van der Waals surface area contributed by atoms with Crippen LogP contribution < -0.4 is 11.1 Å². The molecule has 0 radical (unpaired) electrons. The van der Waals surface area contributed by atoms with Crippen molar-refractivity contribution in [1.29, 1.82) is 0 Å². The van der Waals surface area contributed by atoms with Crippen LogP contribution in [0, 0.1) is 5.41 Å². The molecule has 1 rings (SSSR count). The fourth-order valence-corrected chi connectivity index (χ4v) is 2.60. The Hall–Kier alpha value is -1.10. The summed E-state index contributed by atoms with van der Waals surface area (Å²) in [6, 6.07) is 0.127. The summed E-state index contributed by atoms with van der Waals surface area (Å²) >= 11 is 0. The minimum atomic E-state index is -0.766. The lowest BCUT2D eigenvalue weighted by molar-refractivity contribution is -0.140. The molecule has 1 fully saturated rings. The summed E-state index contributed by atoms with van der Waals surface area (Å²) in [4.78, 5) is 26.4. The van der Waals surface area contributed by atoms with Crippen LogP contribution in [0.1, 0.15) is 60.3 Å². The smallest absolute Gasteiger partial charge is 0.240 e. The van der Waals surface area contributed by atoms with Gasteiger partial charge in [0.2, 0.25) is 11.8 Å². The highest BCUT2D eigenvalue weighted by Crippen LogP contribution is 2.21. The van der Waals surface area contributed by atoms with E-state index in [1.807, 2.05) is 39.5 Å². The number of nitrogens with two attached hydrogens (primary N) is 1. The number of amides is 2. The van der Waals surface area contributed by atoms with Crippen molar-refractivity contribution in [2.75, 3.05) is 13.1 Å². The molecule has 1 aliphatic heterocycles. The molecule has 2 amide bonds. The van der Waals surface area contributed by atoms with Gasteiger partial charge in [0.1, 0.15) is 0 Å². The fraction of sp³-hybridized carbons (Fsp3) is 0.875. The summed E-state index contributed by atoms with van der Waals surface area (Å²) in [5, 5.41) is 3.06. The zero-order valence-electron chi connectivity index (χ0n) is 14.2. The number of hydrogen-bond donors (Lipinski definition) is 2. The van der Waals surface area contributed by atoms with Crippen LogP contribution in [0.2, 0.25) is 0 Å². The van der Waals surface area contributed by atoms with E-state index in [-0.39, 0.29) is 23.3 Å². The van der Waals surface area contributed by atoms with E-state index < -0.39 is 5.54 Å². The summed E-state index contributed by atoms with van der Waals surface area (Å²) in [6.45, 7) is 11.1. The normalized spacial score (nSPS) is 17.7. The average Bonchev–Trinajstić information content (AvgIpc) is 2.45. The Labute approximate surface area is 128 Å². The lowest BCUT2D eigenvalue weighted by atomic mass is 9.91. The molecule has 0 atom stereocenters. The van der Waals surface area contributed by atoms with Crippen molar-refractivity contribution in [3.05, 3.63) is 0 Å². The average molecular weight is 297 g/mol. The second kappa shape index (κ2) is 6.77. The van der Waals surface area contributed by atoms with Crippen molar-refractivity contribution < 1.29 is 9.59 Å². The van der Waals surface area contributed by atoms with Gasteiger partial charge in [0.05, 0.1) is 5.54 Å². The zero-order chi connectivity index (χ0) is 16.3. The van der Waals surface area contributed by atoms with Crippen LogP contribution in [-0.2, 0) is 9.59 Å². The van der Waals surface area contributed by atoms with E-state index in [1.54, 1.807) is 0 Å². The number of carbonyl (C=O) groups excluding carboxylic acids is 2. The molecule has 0 bridgehead atoms. The van der Waals surface area contributed by atoms with Gasteiger partial charge in [-0.3, -0.25) is 9.59 Å². The van der Waals surface area contributed by atoms with E-state index in [0.29, 0.717) is 25.9 Å². The van der Waals surface area contributed by atoms with Gasteiger partial charge < -0.3 is 16.0 Å². The number of likely N-dealkylation sites (tertiary alicyclic amines) is 1. The van der Waals surface area contributed by atoms with Crippen molar-refractivity contribution in [2.45, 2.75) is 71.9 Å². The van der Waals surface area contributed by atoms with Gasteiger partial charge in [-0.2, -0.15) is 0 Å². The number of nitrogens with zero attached hydrogens (tertiary/aromatic N) is 1. The lowest BCUT2D eigenvalue weighted by Crippen LogP contribution is -2.57. The van der Waals surface area contributed by atoms with E-state index in [4.69, 9.17) is 5.73 Å². The highest BCUT2D eigenvalue weighted by Gasteiger charge is 2.34. The maximum absolute atomic E-state index is 12.3. The van der Waals surface area contributed by atoms with Crippen molar-refractivity contribution in [1.82, 2.24) is 10.2 Å². The molecule has 5 nitrogen and oxygen atoms in total. The molecule has 3 N–H and O–H groups in total. The largest absolute Gasteiger partial charge is 0.352 e. The van der Waals surface area contributed by atoms with Gasteiger partial charge in [-0.05, 0) is 25.7 Å². The lowest BCUT2D eigenvalue weighted by Gasteiger charge is -2.37. The Morgan fingerprint density at radius 2 is 1.62 bits per heavy atom. The number of piperidine rings is 1. The van der Waals surface area contributed by atoms with Crippen LogP contribution in [-0.4, -0.2) is 41.4 Å². The van der Waals surface area contributed by atoms with E-state index in [1.165, 1.54) is 0 Å². The summed E-state index contributed by atoms with van der Waals surface area (Å²) in [5.41, 5.74) is 5.01. The van der Waals surface area contributed by atoms with Crippen LogP contribution in [0.3, 0.4) is 0 Å². The first kappa shape index (κ1) is 18.0. The monoisotopic (exact) mass is 297 g/mol. The molecule has 0 spiro atoms. The molecular formula is C16H31N3O2. The maximum atomic E-state index is 12.3. The van der Waals surface area contributed by atoms with Gasteiger partial charge in [-0.25, -0.2) is 0 Å². The Morgan fingerprint density at radius 3 is 2.00 bits per heavy atom. The standard InChI is InChI=1S/C16H31N3O2/c1-6-16(17,7-2)13(20)18-12-8-10-19(11-9-12)14(21)15(3,4)5/h12H,6-11,17H2,1-5H3,(H,18,20). The van der Waals surface area contributed by atoms with E-state index in [2.05, 4.69) is 5.32 Å². The summed E-state index contributed by atoms with van der Waals surface area (Å²) in [5.74, 6) is 0.121. The first-order valence-electron chi connectivity index (χ1n) is 8.03. The van der Waals surface area contributed by atoms with Gasteiger partial charge >= 0.3 is 0 Å². The van der Waals surface area contributed by atoms with Crippen LogP contribution in [0.5, 0.6) is 0 Å². The van der Waals surface area contributed by atoms with Crippen molar-refractivity contribution in [2.24, 2.45) is 11.1 Å². The molecule has 122 valence electrons. The molecule has 0 aromatic carbocycles. The first-order valence-corrected chi connectivity index (χ1v) is 8.03. The number of carbonyl (C=O) groups is 2. The van der Waals surface area contributed by atoms with Crippen LogP contribution >= 0.6 is 0 Å². The second-order valence-corrected chi connectivity index (χ2v) is 7.15. The van der Waals surface area contributed by atoms with E-state index in [0.717, 1.165) is 12.8 Å². The third kappa shape index (κ3) is 4.43. The molecule has 1 aliphatic rings. The van der Waals surface area contributed by atoms with Crippen molar-refractivity contribution >= 4 is 11.8 Å². The Bertz CT molecular complexity index is 375. The summed E-state index contributed by atoms with van der Waals surface area (Å²) < 4.78 is 0. The molecular weight excluding hydrogens is 266 g/mol. The molecule has 0 aliphatic carbocycles. The minimum Gasteiger partial charge on any atom is -0.352 e. The maximum Gasteiger partial charge on any atom is 0.240 e. The van der Waals surface area contributed by atoms with Crippen molar-refractivity contribution in [3.63, 3.8) is 0 Å². The second-order valence-electron chi connectivity index (χ2n) is 7.15. The van der Waals surface area contributed by atoms with Crippen LogP contribution in [0.25, 0.3) is 0 Å². The van der Waals surface area contributed by atoms with Crippen molar-refractivity contribution in [3.8, 4) is 0 Å². The first-order chi connectivity index (χ1) is 9.64. The Morgan fingerprint density at radius 1 is 1.14 bits per heavy atom. The third-order valence-corrected chi connectivity index (χ3v) is 4.47. The van der Waals surface area contributed by atoms with Crippen LogP contribution in [0.15, 0.2) is 0 Å². The van der Waals surface area contributed by atoms with Crippen LogP contribution in [0.4, 0.5) is 0 Å². The fourth-order valence-electron chi connectivity index (χ4n) is 2.60. The van der Waals surface area contributed by atoms with E-state index >= 15 is 0 Å². The topological polar surface area (TPSA) is 75.4 Å². The SMILES string of the molecule is CCC(N)(CC)C(=O)NC1CCN(C(=O)C(C)(C)C)CC1. The van der Waals surface area contributed by atoms with Gasteiger partial charge in [0, 0.05) is 24.5 Å². The molecule has 0 aromatic heterocycles. The summed E-state index contributed by atoms with van der Waals surface area (Å²) in [6.07, 6.45) is 2.88. The molecule has 1 heterocycles. The number of nitrogens with one attached hydrogen (secondary N) is 1. The molecule has 0 aromatic rings. The quantitative estimate of drug-likeness (QED) is 0.828. The van der Waals surface area contributed by atoms with Gasteiger partial charge in [0.15, 0.2) is 0 Å². The highest BCUT2D eigenvalue weighted by molar-refractivity contribution is 5.86. The highest BCUT2D eigenvalue weighted by atomic mass is 16.2.